The molecule has 1 N–H and O–H groups in total. The third-order valence-corrected chi connectivity index (χ3v) is 3.35. The molecule has 70 valence electrons. The van der Waals surface area contributed by atoms with Crippen LogP contribution in [-0.2, 0) is 6.61 Å². The van der Waals surface area contributed by atoms with E-state index in [1.54, 1.807) is 12.3 Å². The molecule has 1 unspecified atom stereocenters. The van der Waals surface area contributed by atoms with Crippen LogP contribution < -0.4 is 0 Å². The van der Waals surface area contributed by atoms with Crippen LogP contribution in [0, 0.1) is 0 Å². The Labute approximate surface area is 81.6 Å². The first-order valence-corrected chi connectivity index (χ1v) is 5.56. The molecule has 1 aliphatic heterocycles. The summed E-state index contributed by atoms with van der Waals surface area (Å²) in [6.07, 6.45) is 2.90. The monoisotopic (exact) mass is 196 g/mol. The van der Waals surface area contributed by atoms with E-state index >= 15 is 0 Å². The molecule has 1 aromatic heterocycles. The maximum Gasteiger partial charge on any atom is 0.132 e. The molecule has 13 heavy (non-hydrogen) atoms. The van der Waals surface area contributed by atoms with Gasteiger partial charge in [-0.15, -0.1) is 0 Å². The minimum atomic E-state index is 0.00931. The molecule has 1 atom stereocenters. The lowest BCUT2D eigenvalue weighted by atomic mass is 10.1. The Morgan fingerprint density at radius 2 is 2.54 bits per heavy atom. The number of aliphatic hydroxyl groups excluding tert-OH is 1. The van der Waals surface area contributed by atoms with Crippen LogP contribution in [0.4, 0.5) is 0 Å². The summed E-state index contributed by atoms with van der Waals surface area (Å²) in [6, 6.07) is 1.76. The summed E-state index contributed by atoms with van der Waals surface area (Å²) in [4.78, 5) is 8.53. The second-order valence-electron chi connectivity index (χ2n) is 3.12. The van der Waals surface area contributed by atoms with Crippen molar-refractivity contribution in [3.8, 4) is 0 Å². The van der Waals surface area contributed by atoms with E-state index in [0.717, 1.165) is 17.3 Å². The average Bonchev–Trinajstić information content (AvgIpc) is 2.71. The van der Waals surface area contributed by atoms with Gasteiger partial charge in [0, 0.05) is 17.9 Å². The largest absolute Gasteiger partial charge is 0.390 e. The highest BCUT2D eigenvalue weighted by molar-refractivity contribution is 7.99. The normalized spacial score (nSPS) is 22.1. The van der Waals surface area contributed by atoms with Gasteiger partial charge in [0.2, 0.25) is 0 Å². The van der Waals surface area contributed by atoms with Gasteiger partial charge in [-0.25, -0.2) is 9.97 Å². The number of thioether (sulfide) groups is 1. The molecule has 0 saturated carbocycles. The first-order chi connectivity index (χ1) is 6.40. The summed E-state index contributed by atoms with van der Waals surface area (Å²) in [5.41, 5.74) is 0.724. The number of nitrogens with zero attached hydrogens (tertiary/aromatic N) is 2. The van der Waals surface area contributed by atoms with Gasteiger partial charge < -0.3 is 5.11 Å². The van der Waals surface area contributed by atoms with Gasteiger partial charge in [-0.05, 0) is 18.2 Å². The zero-order valence-electron chi connectivity index (χ0n) is 7.31. The summed E-state index contributed by atoms with van der Waals surface area (Å²) in [5.74, 6) is 3.72. The Morgan fingerprint density at radius 1 is 1.62 bits per heavy atom. The van der Waals surface area contributed by atoms with Crippen molar-refractivity contribution < 1.29 is 5.11 Å². The maximum atomic E-state index is 8.91. The molecule has 0 radical (unpaired) electrons. The molecular weight excluding hydrogens is 184 g/mol. The predicted molar refractivity (Wildman–Crippen MR) is 52.6 cm³/mol. The van der Waals surface area contributed by atoms with Crippen LogP contribution in [0.2, 0.25) is 0 Å². The fraction of sp³-hybridized carbons (Fsp3) is 0.556. The highest BCUT2D eigenvalue weighted by atomic mass is 32.2. The van der Waals surface area contributed by atoms with Crippen LogP contribution in [0.25, 0.3) is 0 Å². The van der Waals surface area contributed by atoms with E-state index in [9.17, 15) is 0 Å². The second-order valence-corrected chi connectivity index (χ2v) is 4.27. The van der Waals surface area contributed by atoms with Crippen LogP contribution >= 0.6 is 11.8 Å². The Hall–Kier alpha value is -0.610. The van der Waals surface area contributed by atoms with Gasteiger partial charge in [0.25, 0.3) is 0 Å². The van der Waals surface area contributed by atoms with Gasteiger partial charge in [0.1, 0.15) is 5.82 Å². The SMILES string of the molecule is OCc1ccnc(C2CCSC2)n1. The Balaban J connectivity index is 2.18. The van der Waals surface area contributed by atoms with Crippen LogP contribution in [0.15, 0.2) is 12.3 Å². The van der Waals surface area contributed by atoms with Gasteiger partial charge in [0.05, 0.1) is 12.3 Å². The fourth-order valence-electron chi connectivity index (χ4n) is 1.44. The second kappa shape index (κ2) is 4.07. The maximum absolute atomic E-state index is 8.91. The molecule has 1 fully saturated rings. The third-order valence-electron chi connectivity index (χ3n) is 2.19. The molecule has 0 bridgehead atoms. The molecule has 1 saturated heterocycles. The van der Waals surface area contributed by atoms with E-state index in [0.29, 0.717) is 5.92 Å². The lowest BCUT2D eigenvalue weighted by molar-refractivity contribution is 0.276. The van der Waals surface area contributed by atoms with E-state index in [-0.39, 0.29) is 6.61 Å². The molecule has 2 heterocycles. The van der Waals surface area contributed by atoms with Crippen molar-refractivity contribution in [2.24, 2.45) is 0 Å². The van der Waals surface area contributed by atoms with Crippen molar-refractivity contribution in [2.45, 2.75) is 18.9 Å². The standard InChI is InChI=1S/C9H12N2OS/c12-5-8-1-3-10-9(11-8)7-2-4-13-6-7/h1,3,7,12H,2,4-6H2. The number of hydrogen-bond acceptors (Lipinski definition) is 4. The highest BCUT2D eigenvalue weighted by Gasteiger charge is 2.19. The van der Waals surface area contributed by atoms with Crippen LogP contribution in [0.5, 0.6) is 0 Å². The van der Waals surface area contributed by atoms with Crippen LogP contribution in [0.1, 0.15) is 23.9 Å². The van der Waals surface area contributed by atoms with Crippen molar-refractivity contribution >= 4 is 11.8 Å². The molecule has 0 spiro atoms. The van der Waals surface area contributed by atoms with Crippen molar-refractivity contribution in [1.29, 1.82) is 0 Å². The van der Waals surface area contributed by atoms with Crippen molar-refractivity contribution in [1.82, 2.24) is 9.97 Å². The topological polar surface area (TPSA) is 46.0 Å². The number of aromatic nitrogens is 2. The lowest BCUT2D eigenvalue weighted by Gasteiger charge is -2.06. The minimum absolute atomic E-state index is 0.00931. The molecule has 3 nitrogen and oxygen atoms in total. The Kier molecular flexibility index (Phi) is 2.80. The molecule has 0 amide bonds. The third kappa shape index (κ3) is 2.00. The molecule has 1 aliphatic rings. The van der Waals surface area contributed by atoms with Crippen molar-refractivity contribution in [3.05, 3.63) is 23.8 Å². The molecular formula is C9H12N2OS. The molecule has 2 rings (SSSR count). The van der Waals surface area contributed by atoms with E-state index in [4.69, 9.17) is 5.11 Å². The summed E-state index contributed by atoms with van der Waals surface area (Å²) < 4.78 is 0. The number of rotatable bonds is 2. The average molecular weight is 196 g/mol. The predicted octanol–water partition coefficient (Wildman–Crippen LogP) is 1.19. The summed E-state index contributed by atoms with van der Waals surface area (Å²) >= 11 is 1.95. The first-order valence-electron chi connectivity index (χ1n) is 4.40. The highest BCUT2D eigenvalue weighted by Crippen LogP contribution is 2.29. The fourth-order valence-corrected chi connectivity index (χ4v) is 2.65. The molecule has 4 heteroatoms. The Bertz CT molecular complexity index is 287. The van der Waals surface area contributed by atoms with E-state index in [2.05, 4.69) is 9.97 Å². The molecule has 0 aromatic carbocycles. The smallest absolute Gasteiger partial charge is 0.132 e. The zero-order chi connectivity index (χ0) is 9.10. The summed E-state index contributed by atoms with van der Waals surface area (Å²) in [6.45, 7) is 0.00931. The zero-order valence-corrected chi connectivity index (χ0v) is 8.13. The van der Waals surface area contributed by atoms with Crippen LogP contribution in [-0.4, -0.2) is 26.6 Å². The van der Waals surface area contributed by atoms with Gasteiger partial charge in [0.15, 0.2) is 0 Å². The molecule has 1 aromatic rings. The number of hydrogen-bond donors (Lipinski definition) is 1. The first kappa shape index (κ1) is 8.97. The molecule has 0 aliphatic carbocycles. The quantitative estimate of drug-likeness (QED) is 0.771. The summed E-state index contributed by atoms with van der Waals surface area (Å²) in [5, 5.41) is 8.91. The van der Waals surface area contributed by atoms with Crippen molar-refractivity contribution in [3.63, 3.8) is 0 Å². The van der Waals surface area contributed by atoms with E-state index < -0.39 is 0 Å². The summed E-state index contributed by atoms with van der Waals surface area (Å²) in [7, 11) is 0. The van der Waals surface area contributed by atoms with Gasteiger partial charge >= 0.3 is 0 Å². The Morgan fingerprint density at radius 3 is 3.23 bits per heavy atom. The van der Waals surface area contributed by atoms with Crippen LogP contribution in [0.3, 0.4) is 0 Å². The van der Waals surface area contributed by atoms with Gasteiger partial charge in [-0.3, -0.25) is 0 Å². The van der Waals surface area contributed by atoms with E-state index in [1.807, 2.05) is 11.8 Å². The lowest BCUT2D eigenvalue weighted by Crippen LogP contribution is -2.05. The number of aliphatic hydroxyl groups is 1. The van der Waals surface area contributed by atoms with Crippen molar-refractivity contribution in [2.75, 3.05) is 11.5 Å². The van der Waals surface area contributed by atoms with Gasteiger partial charge in [-0.1, -0.05) is 0 Å². The minimum Gasteiger partial charge on any atom is -0.390 e. The van der Waals surface area contributed by atoms with Gasteiger partial charge in [-0.2, -0.15) is 11.8 Å². The van der Waals surface area contributed by atoms with E-state index in [1.165, 1.54) is 12.2 Å².